The van der Waals surface area contributed by atoms with E-state index in [4.69, 9.17) is 45.4 Å². The normalized spacial score (nSPS) is 24.6. The van der Waals surface area contributed by atoms with Crippen LogP contribution in [0, 0.1) is 5.92 Å². The fraction of sp³-hybridized carbons (Fsp3) is 0.429. The number of thioether (sulfide) groups is 1. The molecule has 330 valence electrons. The van der Waals surface area contributed by atoms with E-state index in [-0.39, 0.29) is 42.4 Å². The number of aliphatic hydroxyl groups is 1. The number of aromatic nitrogens is 4. The van der Waals surface area contributed by atoms with Crippen LogP contribution in [0.1, 0.15) is 70.1 Å². The zero-order valence-electron chi connectivity index (χ0n) is 34.4. The zero-order chi connectivity index (χ0) is 44.5. The molecule has 1 aromatic heterocycles. The first-order valence-corrected chi connectivity index (χ1v) is 21.0. The predicted molar refractivity (Wildman–Crippen MR) is 224 cm³/mol. The number of phenolic OH excluding ortho intramolecular Hbond substituents is 1. The smallest absolute Gasteiger partial charge is 0.303 e. The third-order valence-electron chi connectivity index (χ3n) is 9.95. The van der Waals surface area contributed by atoms with E-state index in [2.05, 4.69) is 20.8 Å². The van der Waals surface area contributed by atoms with Crippen LogP contribution in [0.4, 0.5) is 5.69 Å². The number of nitrogens with zero attached hydrogens (tertiary/aromatic N) is 4. The number of thiocarbonyl (C=S) groups is 1. The Balaban J connectivity index is 1.22. The van der Waals surface area contributed by atoms with Crippen LogP contribution in [0.2, 0.25) is 0 Å². The molecule has 3 N–H and O–H groups in total. The lowest BCUT2D eigenvalue weighted by Gasteiger charge is -2.44. The number of tetrazole rings is 1. The Labute approximate surface area is 366 Å². The van der Waals surface area contributed by atoms with Gasteiger partial charge in [0.15, 0.2) is 24.6 Å². The number of aromatic hydroxyl groups is 1. The third kappa shape index (κ3) is 11.9. The average molecular weight is 894 g/mol. The number of carbonyl (C=O) groups is 4. The lowest BCUT2D eigenvalue weighted by atomic mass is 9.91. The quantitative estimate of drug-likeness (QED) is 0.0636. The lowest BCUT2D eigenvalue weighted by Crippen LogP contribution is -2.62. The number of hydrogen-bond donors (Lipinski definition) is 3. The number of rotatable bonds is 15. The highest BCUT2D eigenvalue weighted by atomic mass is 32.2. The maximum absolute atomic E-state index is 12.4. The molecular weight excluding hydrogens is 847 g/mol. The molecule has 2 aliphatic heterocycles. The van der Waals surface area contributed by atoms with E-state index in [1.54, 1.807) is 41.1 Å². The maximum atomic E-state index is 12.4. The Kier molecular flexibility index (Phi) is 15.6. The van der Waals surface area contributed by atoms with Crippen molar-refractivity contribution in [2.75, 3.05) is 17.7 Å². The Morgan fingerprint density at radius 1 is 0.806 bits per heavy atom. The second kappa shape index (κ2) is 21.0. The molecule has 0 amide bonds. The number of phenols is 1. The van der Waals surface area contributed by atoms with E-state index < -0.39 is 66.8 Å². The standard InChI is InChI=1S/C42H47N5O13S2/c1-22-35(21-62-42-44-45-46-47(42)31-13-15-32(53)16-14-31)59-41(60-37(22)28-11-9-27(19-48)10-12-28)29-7-6-8-30(17-29)43-36(61)18-33-38(55-24(3)50)40(57-26(5)52)39(56-25(4)51)34(58-33)20-54-23(2)49/h6-17,22,33-35,37-41,48,53H,18-21H2,1-5H3,(H,43,61). The van der Waals surface area contributed by atoms with Crippen LogP contribution >= 0.6 is 24.0 Å². The van der Waals surface area contributed by atoms with E-state index >= 15 is 0 Å². The van der Waals surface area contributed by atoms with Crippen LogP contribution in [-0.2, 0) is 58.9 Å². The molecule has 3 aromatic carbocycles. The molecule has 9 unspecified atom stereocenters. The van der Waals surface area contributed by atoms with Gasteiger partial charge in [-0.05, 0) is 58.0 Å². The molecule has 9 atom stereocenters. The van der Waals surface area contributed by atoms with Crippen molar-refractivity contribution in [3.63, 3.8) is 0 Å². The Morgan fingerprint density at radius 3 is 2.11 bits per heavy atom. The van der Waals surface area contributed by atoms with Crippen molar-refractivity contribution in [2.24, 2.45) is 5.92 Å². The molecule has 0 radical (unpaired) electrons. The molecule has 0 bridgehead atoms. The van der Waals surface area contributed by atoms with Crippen molar-refractivity contribution >= 4 is 58.5 Å². The SMILES string of the molecule is CC(=O)OCC1OC(CC(=S)Nc2cccc(C3OC(CSc4nnnn4-c4ccc(O)cc4)C(C)C(c4ccc(CO)cc4)O3)c2)C(OC(C)=O)C(OC(C)=O)C1OC(C)=O. The number of esters is 4. The first-order valence-electron chi connectivity index (χ1n) is 19.6. The summed E-state index contributed by atoms with van der Waals surface area (Å²) in [6, 6.07) is 21.3. The first-order chi connectivity index (χ1) is 29.7. The topological polar surface area (TPSA) is 229 Å². The van der Waals surface area contributed by atoms with E-state index in [1.165, 1.54) is 25.6 Å². The van der Waals surface area contributed by atoms with Gasteiger partial charge in [-0.1, -0.05) is 67.3 Å². The summed E-state index contributed by atoms with van der Waals surface area (Å²) in [5.41, 5.74) is 3.56. The Morgan fingerprint density at radius 2 is 1.47 bits per heavy atom. The number of nitrogens with one attached hydrogen (secondary N) is 1. The van der Waals surface area contributed by atoms with Crippen LogP contribution in [0.3, 0.4) is 0 Å². The van der Waals surface area contributed by atoms with Gasteiger partial charge in [-0.3, -0.25) is 19.2 Å². The van der Waals surface area contributed by atoms with Gasteiger partial charge in [0, 0.05) is 57.0 Å². The van der Waals surface area contributed by atoms with Gasteiger partial charge in [-0.15, -0.1) is 5.10 Å². The van der Waals surface area contributed by atoms with E-state index in [9.17, 15) is 29.4 Å². The van der Waals surface area contributed by atoms with Crippen molar-refractivity contribution in [1.82, 2.24) is 20.2 Å². The highest BCUT2D eigenvalue weighted by Crippen LogP contribution is 2.43. The van der Waals surface area contributed by atoms with Gasteiger partial charge < -0.3 is 48.7 Å². The second-order valence-corrected chi connectivity index (χ2v) is 16.1. The molecule has 0 saturated carbocycles. The molecular formula is C42H47N5O13S2. The highest BCUT2D eigenvalue weighted by molar-refractivity contribution is 7.99. The number of benzene rings is 3. The van der Waals surface area contributed by atoms with E-state index in [1.807, 2.05) is 43.3 Å². The monoisotopic (exact) mass is 893 g/mol. The summed E-state index contributed by atoms with van der Waals surface area (Å²) in [6.45, 7) is 6.25. The average Bonchev–Trinajstić information content (AvgIpc) is 3.70. The van der Waals surface area contributed by atoms with Crippen molar-refractivity contribution < 1.29 is 62.5 Å². The van der Waals surface area contributed by atoms with Gasteiger partial charge >= 0.3 is 23.9 Å². The van der Waals surface area contributed by atoms with E-state index in [0.29, 0.717) is 27.8 Å². The van der Waals surface area contributed by atoms with E-state index in [0.717, 1.165) is 25.0 Å². The van der Waals surface area contributed by atoms with Crippen LogP contribution in [0.15, 0.2) is 78.0 Å². The lowest BCUT2D eigenvalue weighted by molar-refractivity contribution is -0.268. The maximum Gasteiger partial charge on any atom is 0.303 e. The highest BCUT2D eigenvalue weighted by Gasteiger charge is 2.52. The van der Waals surface area contributed by atoms with Crippen molar-refractivity contribution in [3.05, 3.63) is 89.5 Å². The minimum absolute atomic E-state index is 0.0681. The molecule has 2 saturated heterocycles. The van der Waals surface area contributed by atoms with Crippen LogP contribution < -0.4 is 5.32 Å². The van der Waals surface area contributed by atoms with Crippen LogP contribution in [0.5, 0.6) is 5.75 Å². The van der Waals surface area contributed by atoms with Gasteiger partial charge in [-0.25, -0.2) is 0 Å². The molecule has 0 spiro atoms. The Bertz CT molecular complexity index is 2210. The summed E-state index contributed by atoms with van der Waals surface area (Å²) in [5, 5.41) is 35.4. The molecule has 3 heterocycles. The number of hydrogen-bond acceptors (Lipinski definition) is 18. The van der Waals surface area contributed by atoms with Crippen molar-refractivity contribution in [3.8, 4) is 11.4 Å². The van der Waals surface area contributed by atoms with Gasteiger partial charge in [-0.2, -0.15) is 4.68 Å². The summed E-state index contributed by atoms with van der Waals surface area (Å²) < 4.78 is 43.0. The van der Waals surface area contributed by atoms with Gasteiger partial charge in [0.2, 0.25) is 5.16 Å². The summed E-state index contributed by atoms with van der Waals surface area (Å²) in [5.74, 6) is -2.40. The minimum atomic E-state index is -1.33. The van der Waals surface area contributed by atoms with Gasteiger partial charge in [0.25, 0.3) is 0 Å². The van der Waals surface area contributed by atoms with Crippen molar-refractivity contribution in [2.45, 2.75) is 102 Å². The largest absolute Gasteiger partial charge is 0.508 e. The summed E-state index contributed by atoms with van der Waals surface area (Å²) in [4.78, 5) is 48.8. The summed E-state index contributed by atoms with van der Waals surface area (Å²) in [7, 11) is 0. The number of carbonyl (C=O) groups excluding carboxylic acids is 4. The third-order valence-corrected chi connectivity index (χ3v) is 11.2. The summed E-state index contributed by atoms with van der Waals surface area (Å²) in [6.07, 6.45) is -7.74. The van der Waals surface area contributed by atoms with Gasteiger partial charge in [0.05, 0.1) is 29.5 Å². The fourth-order valence-corrected chi connectivity index (χ4v) is 8.47. The molecule has 2 aliphatic rings. The molecule has 4 aromatic rings. The molecule has 2 fully saturated rings. The number of aliphatic hydroxyl groups excluding tert-OH is 1. The molecule has 20 heteroatoms. The number of anilines is 1. The second-order valence-electron chi connectivity index (χ2n) is 14.6. The molecule has 62 heavy (non-hydrogen) atoms. The molecule has 0 aliphatic carbocycles. The Hall–Kier alpha value is -5.51. The van der Waals surface area contributed by atoms with Gasteiger partial charge in [0.1, 0.15) is 24.6 Å². The van der Waals surface area contributed by atoms with Crippen LogP contribution in [-0.4, -0.2) is 108 Å². The predicted octanol–water partition coefficient (Wildman–Crippen LogP) is 4.70. The summed E-state index contributed by atoms with van der Waals surface area (Å²) >= 11 is 7.20. The van der Waals surface area contributed by atoms with Crippen molar-refractivity contribution in [1.29, 1.82) is 0 Å². The van der Waals surface area contributed by atoms with Crippen LogP contribution in [0.25, 0.3) is 5.69 Å². The molecule has 18 nitrogen and oxygen atoms in total. The number of ether oxygens (including phenoxy) is 7. The fourth-order valence-electron chi connectivity index (χ4n) is 7.13. The molecule has 6 rings (SSSR count). The minimum Gasteiger partial charge on any atom is -0.508 e. The zero-order valence-corrected chi connectivity index (χ0v) is 36.1. The first kappa shape index (κ1) is 46.0.